The molecule has 0 fully saturated rings. The number of aromatic amines is 1. The lowest BCUT2D eigenvalue weighted by Crippen LogP contribution is -1.92. The molecule has 0 aliphatic rings. The van der Waals surface area contributed by atoms with Crippen molar-refractivity contribution in [2.75, 3.05) is 5.73 Å². The maximum Gasteiger partial charge on any atom is 0.149 e. The molecular formula is C9H7ClFN3. The highest BCUT2D eigenvalue weighted by atomic mass is 35.5. The highest BCUT2D eigenvalue weighted by Gasteiger charge is 2.13. The summed E-state index contributed by atoms with van der Waals surface area (Å²) in [6.45, 7) is 0. The topological polar surface area (TPSA) is 54.7 Å². The molecule has 0 spiro atoms. The van der Waals surface area contributed by atoms with Crippen molar-refractivity contribution >= 4 is 17.4 Å². The predicted molar refractivity (Wildman–Crippen MR) is 53.4 cm³/mol. The molecule has 5 heteroatoms. The molecule has 72 valence electrons. The van der Waals surface area contributed by atoms with Crippen LogP contribution in [0.1, 0.15) is 0 Å². The van der Waals surface area contributed by atoms with Gasteiger partial charge in [-0.2, -0.15) is 0 Å². The zero-order valence-electron chi connectivity index (χ0n) is 7.09. The zero-order chi connectivity index (χ0) is 10.1. The number of benzene rings is 1. The molecule has 0 saturated heterocycles. The normalized spacial score (nSPS) is 10.4. The summed E-state index contributed by atoms with van der Waals surface area (Å²) in [7, 11) is 0. The van der Waals surface area contributed by atoms with Gasteiger partial charge in [0.05, 0.1) is 22.6 Å². The van der Waals surface area contributed by atoms with Crippen LogP contribution in [0.25, 0.3) is 11.3 Å². The van der Waals surface area contributed by atoms with Crippen LogP contribution in [-0.4, -0.2) is 9.97 Å². The maximum atomic E-state index is 13.4. The Labute approximate surface area is 84.7 Å². The van der Waals surface area contributed by atoms with E-state index in [4.69, 9.17) is 17.3 Å². The molecule has 1 heterocycles. The van der Waals surface area contributed by atoms with Crippen molar-refractivity contribution in [3.05, 3.63) is 35.4 Å². The number of hydrogen-bond acceptors (Lipinski definition) is 2. The third-order valence-corrected chi connectivity index (χ3v) is 2.20. The minimum Gasteiger partial charge on any atom is -0.382 e. The Morgan fingerprint density at radius 3 is 2.79 bits per heavy atom. The van der Waals surface area contributed by atoms with Gasteiger partial charge >= 0.3 is 0 Å². The molecule has 2 rings (SSSR count). The average Bonchev–Trinajstić information content (AvgIpc) is 2.52. The van der Waals surface area contributed by atoms with E-state index >= 15 is 0 Å². The molecule has 0 bridgehead atoms. The van der Waals surface area contributed by atoms with Gasteiger partial charge in [0.15, 0.2) is 0 Å². The van der Waals surface area contributed by atoms with Gasteiger partial charge in [-0.15, -0.1) is 0 Å². The third-order valence-electron chi connectivity index (χ3n) is 1.88. The number of hydrogen-bond donors (Lipinski definition) is 2. The first-order valence-electron chi connectivity index (χ1n) is 3.93. The Morgan fingerprint density at radius 2 is 2.21 bits per heavy atom. The van der Waals surface area contributed by atoms with E-state index in [1.54, 1.807) is 6.07 Å². The first-order chi connectivity index (χ1) is 6.70. The predicted octanol–water partition coefficient (Wildman–Crippen LogP) is 2.45. The molecule has 14 heavy (non-hydrogen) atoms. The van der Waals surface area contributed by atoms with Crippen LogP contribution in [0.5, 0.6) is 0 Å². The van der Waals surface area contributed by atoms with E-state index in [9.17, 15) is 4.39 Å². The Kier molecular flexibility index (Phi) is 2.13. The molecule has 0 aliphatic heterocycles. The van der Waals surface area contributed by atoms with Crippen LogP contribution >= 0.6 is 11.6 Å². The van der Waals surface area contributed by atoms with Gasteiger partial charge in [0.2, 0.25) is 0 Å². The van der Waals surface area contributed by atoms with Crippen LogP contribution in [0.2, 0.25) is 5.02 Å². The third kappa shape index (κ3) is 1.33. The second kappa shape index (κ2) is 3.31. The minimum absolute atomic E-state index is 0.233. The summed E-state index contributed by atoms with van der Waals surface area (Å²) in [5.74, 6) is -0.189. The van der Waals surface area contributed by atoms with Crippen molar-refractivity contribution in [3.8, 4) is 11.3 Å². The molecule has 0 saturated carbocycles. The van der Waals surface area contributed by atoms with Gasteiger partial charge < -0.3 is 10.7 Å². The fraction of sp³-hybridized carbons (Fsp3) is 0. The summed E-state index contributed by atoms with van der Waals surface area (Å²) in [5.41, 5.74) is 6.21. The van der Waals surface area contributed by atoms with E-state index in [-0.39, 0.29) is 11.4 Å². The van der Waals surface area contributed by atoms with Crippen molar-refractivity contribution in [1.82, 2.24) is 9.97 Å². The lowest BCUT2D eigenvalue weighted by Gasteiger charge is -2.03. The van der Waals surface area contributed by atoms with Crippen LogP contribution in [0.15, 0.2) is 24.5 Å². The van der Waals surface area contributed by atoms with Crippen molar-refractivity contribution < 1.29 is 4.39 Å². The van der Waals surface area contributed by atoms with E-state index in [0.29, 0.717) is 10.7 Å². The van der Waals surface area contributed by atoms with Gasteiger partial charge in [0.25, 0.3) is 0 Å². The van der Waals surface area contributed by atoms with Gasteiger partial charge in [0, 0.05) is 0 Å². The van der Waals surface area contributed by atoms with Crippen LogP contribution in [0.3, 0.4) is 0 Å². The fourth-order valence-corrected chi connectivity index (χ4v) is 1.50. The number of imidazole rings is 1. The molecule has 2 aromatic rings. The molecule has 1 aromatic carbocycles. The first-order valence-corrected chi connectivity index (χ1v) is 4.31. The molecule has 0 aliphatic carbocycles. The van der Waals surface area contributed by atoms with Gasteiger partial charge in [-0.3, -0.25) is 0 Å². The monoisotopic (exact) mass is 211 g/mol. The Bertz CT molecular complexity index is 447. The molecule has 0 radical (unpaired) electrons. The van der Waals surface area contributed by atoms with E-state index in [1.807, 2.05) is 0 Å². The number of anilines is 1. The summed E-state index contributed by atoms with van der Waals surface area (Å²) >= 11 is 5.85. The van der Waals surface area contributed by atoms with Crippen molar-refractivity contribution in [2.24, 2.45) is 0 Å². The first kappa shape index (κ1) is 9.02. The molecule has 3 nitrogen and oxygen atoms in total. The van der Waals surface area contributed by atoms with Crippen LogP contribution in [0, 0.1) is 5.82 Å². The second-order valence-electron chi connectivity index (χ2n) is 2.76. The SMILES string of the molecule is Nc1nc[nH]c1-c1c(F)cccc1Cl. The Morgan fingerprint density at radius 1 is 1.43 bits per heavy atom. The lowest BCUT2D eigenvalue weighted by molar-refractivity contribution is 0.631. The smallest absolute Gasteiger partial charge is 0.149 e. The van der Waals surface area contributed by atoms with Crippen molar-refractivity contribution in [3.63, 3.8) is 0 Å². The standard InChI is InChI=1S/C9H7ClFN3/c10-5-2-1-3-6(11)7(5)8-9(12)14-4-13-8/h1-4H,12H2,(H,13,14). The summed E-state index contributed by atoms with van der Waals surface area (Å²) in [6, 6.07) is 4.45. The van der Waals surface area contributed by atoms with Crippen LogP contribution in [0.4, 0.5) is 10.2 Å². The second-order valence-corrected chi connectivity index (χ2v) is 3.17. The number of nitrogens with zero attached hydrogens (tertiary/aromatic N) is 1. The number of halogens is 2. The van der Waals surface area contributed by atoms with E-state index < -0.39 is 5.82 Å². The minimum atomic E-state index is -0.423. The number of nitrogens with one attached hydrogen (secondary N) is 1. The highest BCUT2D eigenvalue weighted by molar-refractivity contribution is 6.33. The summed E-state index contributed by atoms with van der Waals surface area (Å²) in [6.07, 6.45) is 1.40. The van der Waals surface area contributed by atoms with E-state index in [1.165, 1.54) is 18.5 Å². The quantitative estimate of drug-likeness (QED) is 0.761. The Balaban J connectivity index is 2.68. The lowest BCUT2D eigenvalue weighted by atomic mass is 10.1. The van der Waals surface area contributed by atoms with Gasteiger partial charge in [-0.05, 0) is 12.1 Å². The summed E-state index contributed by atoms with van der Waals surface area (Å²) in [5, 5.41) is 0.306. The molecule has 0 amide bonds. The highest BCUT2D eigenvalue weighted by Crippen LogP contribution is 2.31. The summed E-state index contributed by atoms with van der Waals surface area (Å²) in [4.78, 5) is 6.51. The molecule has 0 atom stereocenters. The van der Waals surface area contributed by atoms with Gasteiger partial charge in [-0.1, -0.05) is 17.7 Å². The van der Waals surface area contributed by atoms with E-state index in [0.717, 1.165) is 0 Å². The van der Waals surface area contributed by atoms with E-state index in [2.05, 4.69) is 9.97 Å². The maximum absolute atomic E-state index is 13.4. The number of nitrogens with two attached hydrogens (primary N) is 1. The average molecular weight is 212 g/mol. The number of H-pyrrole nitrogens is 1. The summed E-state index contributed by atoms with van der Waals surface area (Å²) < 4.78 is 13.4. The Hall–Kier alpha value is -1.55. The van der Waals surface area contributed by atoms with Crippen molar-refractivity contribution in [1.29, 1.82) is 0 Å². The molecule has 1 aromatic heterocycles. The van der Waals surface area contributed by atoms with Crippen molar-refractivity contribution in [2.45, 2.75) is 0 Å². The van der Waals surface area contributed by atoms with Crippen LogP contribution in [-0.2, 0) is 0 Å². The number of aromatic nitrogens is 2. The number of nitrogen functional groups attached to an aromatic ring is 1. The van der Waals surface area contributed by atoms with Gasteiger partial charge in [0.1, 0.15) is 11.6 Å². The largest absolute Gasteiger partial charge is 0.382 e. The fourth-order valence-electron chi connectivity index (χ4n) is 1.24. The molecule has 0 unspecified atom stereocenters. The molecule has 3 N–H and O–H groups in total. The zero-order valence-corrected chi connectivity index (χ0v) is 7.85. The van der Waals surface area contributed by atoms with Gasteiger partial charge in [-0.25, -0.2) is 9.37 Å². The van der Waals surface area contributed by atoms with Crippen LogP contribution < -0.4 is 5.73 Å². The number of rotatable bonds is 1. The molecular weight excluding hydrogens is 205 g/mol.